The molecule has 0 amide bonds. The molecule has 0 atom stereocenters. The van der Waals surface area contributed by atoms with Crippen molar-refractivity contribution in [3.05, 3.63) is 28.4 Å². The van der Waals surface area contributed by atoms with E-state index in [1.54, 1.807) is 19.2 Å². The standard InChI is InChI=1S/C13H19N5O3/c1-13(2,6-7-21-3)9-15-10-4-5-11-14-8-12(18(19)20)17(11)16-10/h4-5,8H,6-7,9H2,1-3H3,(H,15,16). The summed E-state index contributed by atoms with van der Waals surface area (Å²) in [5.74, 6) is 0.432. The first-order valence-electron chi connectivity index (χ1n) is 6.65. The van der Waals surface area contributed by atoms with Crippen molar-refractivity contribution in [2.45, 2.75) is 20.3 Å². The SMILES string of the molecule is COCCC(C)(C)CNc1ccc2ncc([N+](=O)[O-])n2n1. The highest BCUT2D eigenvalue weighted by Gasteiger charge is 2.19. The van der Waals surface area contributed by atoms with Crippen molar-refractivity contribution in [2.24, 2.45) is 5.41 Å². The van der Waals surface area contributed by atoms with Gasteiger partial charge in [-0.1, -0.05) is 23.5 Å². The summed E-state index contributed by atoms with van der Waals surface area (Å²) in [6.07, 6.45) is 2.11. The molecule has 0 spiro atoms. The Bertz CT molecular complexity index is 638. The van der Waals surface area contributed by atoms with Crippen molar-refractivity contribution < 1.29 is 9.66 Å². The highest BCUT2D eigenvalue weighted by molar-refractivity contribution is 5.48. The van der Waals surface area contributed by atoms with Crippen LogP contribution in [-0.4, -0.2) is 39.8 Å². The monoisotopic (exact) mass is 293 g/mol. The van der Waals surface area contributed by atoms with Crippen molar-refractivity contribution in [3.63, 3.8) is 0 Å². The van der Waals surface area contributed by atoms with Crippen LogP contribution in [0, 0.1) is 15.5 Å². The second kappa shape index (κ2) is 6.04. The van der Waals surface area contributed by atoms with E-state index in [1.807, 2.05) is 0 Å². The van der Waals surface area contributed by atoms with E-state index in [0.29, 0.717) is 24.6 Å². The largest absolute Gasteiger partial charge is 0.385 e. The van der Waals surface area contributed by atoms with Gasteiger partial charge in [-0.05, 0) is 22.8 Å². The second-order valence-electron chi connectivity index (χ2n) is 5.62. The zero-order valence-electron chi connectivity index (χ0n) is 12.4. The van der Waals surface area contributed by atoms with Gasteiger partial charge in [0.1, 0.15) is 6.20 Å². The Labute approximate surface area is 122 Å². The minimum absolute atomic E-state index is 0.0352. The summed E-state index contributed by atoms with van der Waals surface area (Å²) in [6, 6.07) is 3.46. The van der Waals surface area contributed by atoms with E-state index in [0.717, 1.165) is 6.42 Å². The lowest BCUT2D eigenvalue weighted by atomic mass is 9.90. The molecule has 0 aliphatic heterocycles. The van der Waals surface area contributed by atoms with Gasteiger partial charge < -0.3 is 20.2 Å². The highest BCUT2D eigenvalue weighted by Crippen LogP contribution is 2.21. The molecular formula is C13H19N5O3. The molecule has 0 bridgehead atoms. The molecule has 2 aromatic heterocycles. The van der Waals surface area contributed by atoms with Crippen LogP contribution in [-0.2, 0) is 4.74 Å². The van der Waals surface area contributed by atoms with E-state index in [4.69, 9.17) is 4.74 Å². The van der Waals surface area contributed by atoms with Gasteiger partial charge in [0, 0.05) is 26.3 Å². The maximum atomic E-state index is 10.9. The zero-order chi connectivity index (χ0) is 15.5. The molecule has 8 nitrogen and oxygen atoms in total. The van der Waals surface area contributed by atoms with E-state index in [2.05, 4.69) is 29.2 Å². The zero-order valence-corrected chi connectivity index (χ0v) is 12.4. The number of hydrogen-bond donors (Lipinski definition) is 1. The normalized spacial score (nSPS) is 11.8. The van der Waals surface area contributed by atoms with Crippen LogP contribution in [0.15, 0.2) is 18.3 Å². The number of fused-ring (bicyclic) bond motifs is 1. The van der Waals surface area contributed by atoms with Crippen LogP contribution >= 0.6 is 0 Å². The predicted molar refractivity (Wildman–Crippen MR) is 78.4 cm³/mol. The number of ether oxygens (including phenoxy) is 1. The van der Waals surface area contributed by atoms with Crippen LogP contribution in [0.5, 0.6) is 0 Å². The molecule has 8 heteroatoms. The summed E-state index contributed by atoms with van der Waals surface area (Å²) in [4.78, 5) is 14.3. The number of anilines is 1. The highest BCUT2D eigenvalue weighted by atomic mass is 16.6. The molecule has 0 radical (unpaired) electrons. The Kier molecular flexibility index (Phi) is 4.37. The first kappa shape index (κ1) is 15.2. The van der Waals surface area contributed by atoms with Crippen molar-refractivity contribution in [1.82, 2.24) is 14.6 Å². The molecule has 2 rings (SSSR count). The van der Waals surface area contributed by atoms with Gasteiger partial charge in [0.25, 0.3) is 0 Å². The topological polar surface area (TPSA) is 94.6 Å². The Hall–Kier alpha value is -2.22. The third-order valence-corrected chi connectivity index (χ3v) is 3.26. The minimum atomic E-state index is -0.501. The maximum absolute atomic E-state index is 10.9. The fraction of sp³-hybridized carbons (Fsp3) is 0.538. The summed E-state index contributed by atoms with van der Waals surface area (Å²) in [5, 5.41) is 18.3. The van der Waals surface area contributed by atoms with E-state index in [1.165, 1.54) is 10.7 Å². The van der Waals surface area contributed by atoms with Gasteiger partial charge in [-0.25, -0.2) is 4.98 Å². The summed E-state index contributed by atoms with van der Waals surface area (Å²) in [6.45, 7) is 5.62. The molecule has 0 aromatic carbocycles. The van der Waals surface area contributed by atoms with Crippen LogP contribution in [0.1, 0.15) is 20.3 Å². The van der Waals surface area contributed by atoms with Crippen LogP contribution < -0.4 is 5.32 Å². The molecule has 0 unspecified atom stereocenters. The van der Waals surface area contributed by atoms with Gasteiger partial charge in [-0.15, -0.1) is 0 Å². The van der Waals surface area contributed by atoms with Crippen molar-refractivity contribution in [3.8, 4) is 0 Å². The van der Waals surface area contributed by atoms with Crippen molar-refractivity contribution >= 4 is 17.3 Å². The van der Waals surface area contributed by atoms with E-state index >= 15 is 0 Å². The number of nitrogens with one attached hydrogen (secondary N) is 1. The number of aromatic nitrogens is 3. The fourth-order valence-corrected chi connectivity index (χ4v) is 1.88. The van der Waals surface area contributed by atoms with Crippen LogP contribution in [0.25, 0.3) is 5.65 Å². The number of hydrogen-bond acceptors (Lipinski definition) is 6. The summed E-state index contributed by atoms with van der Waals surface area (Å²) < 4.78 is 6.31. The van der Waals surface area contributed by atoms with Gasteiger partial charge in [0.15, 0.2) is 5.82 Å². The predicted octanol–water partition coefficient (Wildman–Crippen LogP) is 2.11. The second-order valence-corrected chi connectivity index (χ2v) is 5.62. The molecule has 21 heavy (non-hydrogen) atoms. The summed E-state index contributed by atoms with van der Waals surface area (Å²) in [5.41, 5.74) is 0.485. The molecule has 2 aromatic rings. The molecule has 2 heterocycles. The van der Waals surface area contributed by atoms with Crippen molar-refractivity contribution in [1.29, 1.82) is 0 Å². The Morgan fingerprint density at radius 1 is 1.48 bits per heavy atom. The average Bonchev–Trinajstić information content (AvgIpc) is 2.86. The number of methoxy groups -OCH3 is 1. The van der Waals surface area contributed by atoms with Gasteiger partial charge in [-0.2, -0.15) is 0 Å². The number of nitrogens with zero attached hydrogens (tertiary/aromatic N) is 4. The van der Waals surface area contributed by atoms with Crippen LogP contribution in [0.3, 0.4) is 0 Å². The molecule has 114 valence electrons. The summed E-state index contributed by atoms with van der Waals surface area (Å²) in [7, 11) is 1.68. The van der Waals surface area contributed by atoms with Gasteiger partial charge in [0.2, 0.25) is 5.65 Å². The quantitative estimate of drug-likeness (QED) is 0.620. The maximum Gasteiger partial charge on any atom is 0.368 e. The first-order valence-corrected chi connectivity index (χ1v) is 6.65. The minimum Gasteiger partial charge on any atom is -0.385 e. The van der Waals surface area contributed by atoms with Crippen molar-refractivity contribution in [2.75, 3.05) is 25.6 Å². The van der Waals surface area contributed by atoms with Gasteiger partial charge >= 0.3 is 5.82 Å². The number of rotatable bonds is 7. The van der Waals surface area contributed by atoms with E-state index in [9.17, 15) is 10.1 Å². The molecule has 1 N–H and O–H groups in total. The third kappa shape index (κ3) is 3.66. The average molecular weight is 293 g/mol. The number of nitro groups is 1. The van der Waals surface area contributed by atoms with Gasteiger partial charge in [-0.3, -0.25) is 0 Å². The van der Waals surface area contributed by atoms with E-state index in [-0.39, 0.29) is 11.2 Å². The summed E-state index contributed by atoms with van der Waals surface area (Å²) >= 11 is 0. The fourth-order valence-electron chi connectivity index (χ4n) is 1.88. The molecule has 0 aliphatic carbocycles. The smallest absolute Gasteiger partial charge is 0.368 e. The number of imidazole rings is 1. The Morgan fingerprint density at radius 3 is 2.90 bits per heavy atom. The molecule has 0 saturated carbocycles. The Balaban J connectivity index is 2.12. The molecular weight excluding hydrogens is 274 g/mol. The van der Waals surface area contributed by atoms with E-state index < -0.39 is 4.92 Å². The first-order chi connectivity index (χ1) is 9.93. The molecule has 0 saturated heterocycles. The van der Waals surface area contributed by atoms with Gasteiger partial charge in [0.05, 0.1) is 0 Å². The molecule has 0 fully saturated rings. The molecule has 0 aliphatic rings. The van der Waals surface area contributed by atoms with Crippen LogP contribution in [0.4, 0.5) is 11.6 Å². The third-order valence-electron chi connectivity index (χ3n) is 3.26. The van der Waals surface area contributed by atoms with Crippen LogP contribution in [0.2, 0.25) is 0 Å². The lowest BCUT2D eigenvalue weighted by Crippen LogP contribution is -2.25. The lowest BCUT2D eigenvalue weighted by molar-refractivity contribution is -0.391. The Morgan fingerprint density at radius 2 is 2.24 bits per heavy atom. The lowest BCUT2D eigenvalue weighted by Gasteiger charge is -2.24.